The lowest BCUT2D eigenvalue weighted by Gasteiger charge is -2.44. The number of Topliss-reactive ketones (excluding diaryl/α,β-unsaturated/α-hetero) is 1. The van der Waals surface area contributed by atoms with Crippen LogP contribution in [0.2, 0.25) is 0 Å². The molecule has 140 valence electrons. The molecule has 2 unspecified atom stereocenters. The molecule has 3 heterocycles. The van der Waals surface area contributed by atoms with Crippen LogP contribution in [0, 0.1) is 0 Å². The van der Waals surface area contributed by atoms with E-state index in [1.165, 1.54) is 5.57 Å². The van der Waals surface area contributed by atoms with Gasteiger partial charge >= 0.3 is 6.09 Å². The number of nitrogens with zero attached hydrogens (tertiary/aromatic N) is 1. The molecule has 0 radical (unpaired) electrons. The van der Waals surface area contributed by atoms with Gasteiger partial charge in [-0.1, -0.05) is 36.4 Å². The maximum atomic E-state index is 12.8. The van der Waals surface area contributed by atoms with Gasteiger partial charge in [-0.3, -0.25) is 9.69 Å². The first-order chi connectivity index (χ1) is 13.1. The number of fused-ring (bicyclic) bond motifs is 2. The molecule has 1 fully saturated rings. The Morgan fingerprint density at radius 2 is 1.96 bits per heavy atom. The van der Waals surface area contributed by atoms with Gasteiger partial charge in [-0.25, -0.2) is 4.79 Å². The summed E-state index contributed by atoms with van der Waals surface area (Å²) in [6.45, 7) is 1.91. The molecule has 0 aliphatic carbocycles. The Bertz CT molecular complexity index is 871. The second-order valence-electron chi connectivity index (χ2n) is 7.22. The summed E-state index contributed by atoms with van der Waals surface area (Å²) >= 11 is 1.55. The van der Waals surface area contributed by atoms with Crippen molar-refractivity contribution in [2.45, 2.75) is 51.3 Å². The van der Waals surface area contributed by atoms with Gasteiger partial charge in [-0.2, -0.15) is 0 Å². The number of hydrogen-bond acceptors (Lipinski definition) is 4. The fraction of sp³-hybridized carbons (Fsp3) is 0.364. The van der Waals surface area contributed by atoms with Gasteiger partial charge in [-0.05, 0) is 55.9 Å². The predicted octanol–water partition coefficient (Wildman–Crippen LogP) is 5.30. The van der Waals surface area contributed by atoms with E-state index < -0.39 is 0 Å². The van der Waals surface area contributed by atoms with Gasteiger partial charge in [0, 0.05) is 10.9 Å². The Labute approximate surface area is 163 Å². The topological polar surface area (TPSA) is 46.6 Å². The van der Waals surface area contributed by atoms with E-state index in [1.54, 1.807) is 18.3 Å². The number of amides is 1. The summed E-state index contributed by atoms with van der Waals surface area (Å²) in [6.07, 6.45) is 5.90. The Morgan fingerprint density at radius 3 is 2.67 bits per heavy atom. The van der Waals surface area contributed by atoms with Gasteiger partial charge in [0.1, 0.15) is 6.61 Å². The van der Waals surface area contributed by atoms with Crippen molar-refractivity contribution in [1.82, 2.24) is 4.90 Å². The third-order valence-electron chi connectivity index (χ3n) is 5.32. The van der Waals surface area contributed by atoms with E-state index in [4.69, 9.17) is 4.74 Å². The minimum atomic E-state index is -0.223. The first kappa shape index (κ1) is 18.0. The van der Waals surface area contributed by atoms with Crippen LogP contribution in [-0.2, 0) is 11.3 Å². The van der Waals surface area contributed by atoms with Crippen molar-refractivity contribution in [2.24, 2.45) is 0 Å². The smallest absolute Gasteiger partial charge is 0.410 e. The molecule has 2 bridgehead atoms. The van der Waals surface area contributed by atoms with Crippen molar-refractivity contribution < 1.29 is 14.3 Å². The maximum Gasteiger partial charge on any atom is 0.410 e. The van der Waals surface area contributed by atoms with Crippen LogP contribution >= 0.6 is 11.3 Å². The van der Waals surface area contributed by atoms with Crippen LogP contribution in [0.15, 0.2) is 48.5 Å². The van der Waals surface area contributed by atoms with Crippen LogP contribution in [0.1, 0.15) is 52.7 Å². The number of thiophene rings is 1. The molecule has 2 aliphatic heterocycles. The molecule has 0 saturated carbocycles. The molecule has 27 heavy (non-hydrogen) atoms. The zero-order chi connectivity index (χ0) is 18.8. The predicted molar refractivity (Wildman–Crippen MR) is 107 cm³/mol. The average Bonchev–Trinajstić information content (AvgIpc) is 3.16. The SMILES string of the molecule is CC(=O)c1ccc(C2=CC3CCCC(C2)N3C(=O)OCc2ccccc2)s1. The molecule has 4 nitrogen and oxygen atoms in total. The van der Waals surface area contributed by atoms with Crippen molar-refractivity contribution in [3.05, 3.63) is 63.9 Å². The summed E-state index contributed by atoms with van der Waals surface area (Å²) in [5.74, 6) is 0.106. The quantitative estimate of drug-likeness (QED) is 0.675. The number of rotatable bonds is 4. The van der Waals surface area contributed by atoms with Crippen LogP contribution in [0.5, 0.6) is 0 Å². The molecule has 2 aliphatic rings. The molecule has 4 rings (SSSR count). The molecule has 0 N–H and O–H groups in total. The van der Waals surface area contributed by atoms with Crippen molar-refractivity contribution in [3.8, 4) is 0 Å². The first-order valence-corrected chi connectivity index (χ1v) is 10.2. The Morgan fingerprint density at radius 1 is 1.15 bits per heavy atom. The third-order valence-corrected chi connectivity index (χ3v) is 6.58. The van der Waals surface area contributed by atoms with E-state index in [2.05, 4.69) is 6.08 Å². The van der Waals surface area contributed by atoms with Crippen LogP contribution < -0.4 is 0 Å². The highest BCUT2D eigenvalue weighted by Gasteiger charge is 2.38. The van der Waals surface area contributed by atoms with E-state index in [0.29, 0.717) is 6.61 Å². The molecule has 2 aromatic rings. The third kappa shape index (κ3) is 3.83. The molecule has 1 amide bonds. The number of ketones is 1. The van der Waals surface area contributed by atoms with Crippen LogP contribution in [0.25, 0.3) is 5.57 Å². The summed E-state index contributed by atoms with van der Waals surface area (Å²) in [4.78, 5) is 28.2. The van der Waals surface area contributed by atoms with Crippen LogP contribution in [-0.4, -0.2) is 28.9 Å². The number of benzene rings is 1. The minimum absolute atomic E-state index is 0.0821. The van der Waals surface area contributed by atoms with Gasteiger partial charge in [0.15, 0.2) is 5.78 Å². The molecule has 1 aromatic heterocycles. The Hall–Kier alpha value is -2.40. The highest BCUT2D eigenvalue weighted by atomic mass is 32.1. The standard InChI is InChI=1S/C22H23NO3S/c1-15(24)20-10-11-21(27-20)17-12-18-8-5-9-19(13-17)23(18)22(25)26-14-16-6-3-2-4-7-16/h2-4,6-7,10-12,18-19H,5,8-9,13-14H2,1H3. The zero-order valence-corrected chi connectivity index (χ0v) is 16.2. The van der Waals surface area contributed by atoms with Crippen molar-refractivity contribution in [2.75, 3.05) is 0 Å². The average molecular weight is 381 g/mol. The molecule has 5 heteroatoms. The maximum absolute atomic E-state index is 12.8. The minimum Gasteiger partial charge on any atom is -0.445 e. The summed E-state index contributed by atoms with van der Waals surface area (Å²) in [6, 6.07) is 14.0. The molecule has 1 aromatic carbocycles. The second kappa shape index (κ2) is 7.69. The van der Waals surface area contributed by atoms with Crippen LogP contribution in [0.4, 0.5) is 4.79 Å². The van der Waals surface area contributed by atoms with E-state index in [1.807, 2.05) is 47.4 Å². The van der Waals surface area contributed by atoms with E-state index >= 15 is 0 Å². The lowest BCUT2D eigenvalue weighted by molar-refractivity contribution is 0.0510. The summed E-state index contributed by atoms with van der Waals surface area (Å²) < 4.78 is 5.60. The van der Waals surface area contributed by atoms with E-state index in [-0.39, 0.29) is 24.0 Å². The summed E-state index contributed by atoms with van der Waals surface area (Å²) in [5, 5.41) is 0. The molecule has 0 spiro atoms. The largest absolute Gasteiger partial charge is 0.445 e. The Kier molecular flexibility index (Phi) is 5.12. The Balaban J connectivity index is 1.49. The fourth-order valence-corrected chi connectivity index (χ4v) is 4.93. The zero-order valence-electron chi connectivity index (χ0n) is 15.4. The second-order valence-corrected chi connectivity index (χ2v) is 8.30. The van der Waals surface area contributed by atoms with E-state index in [9.17, 15) is 9.59 Å². The monoisotopic (exact) mass is 381 g/mol. The lowest BCUT2D eigenvalue weighted by Crippen LogP contribution is -2.51. The summed E-state index contributed by atoms with van der Waals surface area (Å²) in [7, 11) is 0. The number of ether oxygens (including phenoxy) is 1. The number of piperidine rings is 1. The highest BCUT2D eigenvalue weighted by molar-refractivity contribution is 7.15. The normalized spacial score (nSPS) is 21.5. The van der Waals surface area contributed by atoms with Crippen molar-refractivity contribution >= 4 is 28.8 Å². The van der Waals surface area contributed by atoms with E-state index in [0.717, 1.165) is 41.0 Å². The van der Waals surface area contributed by atoms with Crippen molar-refractivity contribution in [3.63, 3.8) is 0 Å². The number of carbonyl (C=O) groups is 2. The summed E-state index contributed by atoms with van der Waals surface area (Å²) in [5.41, 5.74) is 2.26. The van der Waals surface area contributed by atoms with Gasteiger partial charge in [0.05, 0.1) is 10.9 Å². The van der Waals surface area contributed by atoms with Gasteiger partial charge in [0.2, 0.25) is 0 Å². The van der Waals surface area contributed by atoms with Gasteiger partial charge in [-0.15, -0.1) is 11.3 Å². The molecular formula is C22H23NO3S. The van der Waals surface area contributed by atoms with Crippen molar-refractivity contribution in [1.29, 1.82) is 0 Å². The fourth-order valence-electron chi connectivity index (χ4n) is 3.99. The molecule has 2 atom stereocenters. The molecular weight excluding hydrogens is 358 g/mol. The number of carbonyl (C=O) groups excluding carboxylic acids is 2. The van der Waals surface area contributed by atoms with Gasteiger partial charge in [0.25, 0.3) is 0 Å². The molecule has 1 saturated heterocycles. The first-order valence-electron chi connectivity index (χ1n) is 9.42. The van der Waals surface area contributed by atoms with Crippen LogP contribution in [0.3, 0.4) is 0 Å². The van der Waals surface area contributed by atoms with Gasteiger partial charge < -0.3 is 4.74 Å². The number of hydrogen-bond donors (Lipinski definition) is 0. The lowest BCUT2D eigenvalue weighted by atomic mass is 9.85. The highest BCUT2D eigenvalue weighted by Crippen LogP contribution is 2.39.